The van der Waals surface area contributed by atoms with Gasteiger partial charge in [-0.1, -0.05) is 42.5 Å². The third-order valence-electron chi connectivity index (χ3n) is 6.24. The molecule has 1 aliphatic heterocycles. The summed E-state index contributed by atoms with van der Waals surface area (Å²) in [6.07, 6.45) is 0. The molecule has 0 radical (unpaired) electrons. The lowest BCUT2D eigenvalue weighted by Gasteiger charge is -2.34. The fraction of sp³-hybridized carbons (Fsp3) is 0.370. The standard InChI is InChI=1S/C27H32N6O3/c1-19(2)28-25(34)18-32-14-12-31(13-15-32)17-24-20(3)29-27(21-8-5-4-6-9-21)30-26(24)22-10-7-11-23(16-22)33(35)36/h4-11,16,19H,12-15,17-18H2,1-3H3,(H,28,34). The third kappa shape index (κ3) is 6.30. The van der Waals surface area contributed by atoms with E-state index in [-0.39, 0.29) is 22.6 Å². The molecule has 3 aromatic rings. The Bertz CT molecular complexity index is 1220. The van der Waals surface area contributed by atoms with Crippen LogP contribution in [0.4, 0.5) is 5.69 Å². The zero-order chi connectivity index (χ0) is 25.7. The summed E-state index contributed by atoms with van der Waals surface area (Å²) in [5.41, 5.74) is 4.15. The highest BCUT2D eigenvalue weighted by Gasteiger charge is 2.23. The van der Waals surface area contributed by atoms with Gasteiger partial charge in [0.25, 0.3) is 5.69 Å². The van der Waals surface area contributed by atoms with Gasteiger partial charge in [0.15, 0.2) is 5.82 Å². The number of nitro groups is 1. The van der Waals surface area contributed by atoms with Gasteiger partial charge >= 0.3 is 0 Å². The van der Waals surface area contributed by atoms with Crippen molar-refractivity contribution in [2.24, 2.45) is 0 Å². The molecule has 1 amide bonds. The predicted molar refractivity (Wildman–Crippen MR) is 139 cm³/mol. The third-order valence-corrected chi connectivity index (χ3v) is 6.24. The van der Waals surface area contributed by atoms with Crippen molar-refractivity contribution in [3.05, 3.63) is 76.0 Å². The maximum Gasteiger partial charge on any atom is 0.270 e. The van der Waals surface area contributed by atoms with Crippen LogP contribution >= 0.6 is 0 Å². The van der Waals surface area contributed by atoms with Gasteiger partial charge in [-0.3, -0.25) is 24.7 Å². The molecule has 1 aromatic heterocycles. The highest BCUT2D eigenvalue weighted by atomic mass is 16.6. The lowest BCUT2D eigenvalue weighted by molar-refractivity contribution is -0.384. The van der Waals surface area contributed by atoms with Gasteiger partial charge in [0, 0.05) is 73.3 Å². The Morgan fingerprint density at radius 3 is 2.33 bits per heavy atom. The Labute approximate surface area is 211 Å². The van der Waals surface area contributed by atoms with E-state index in [2.05, 4.69) is 15.1 Å². The molecule has 2 heterocycles. The fourth-order valence-electron chi connectivity index (χ4n) is 4.41. The molecule has 0 aliphatic carbocycles. The van der Waals surface area contributed by atoms with Crippen LogP contribution < -0.4 is 5.32 Å². The lowest BCUT2D eigenvalue weighted by atomic mass is 10.0. The molecule has 0 atom stereocenters. The van der Waals surface area contributed by atoms with Crippen LogP contribution in [0.15, 0.2) is 54.6 Å². The highest BCUT2D eigenvalue weighted by Crippen LogP contribution is 2.30. The van der Waals surface area contributed by atoms with E-state index in [9.17, 15) is 14.9 Å². The summed E-state index contributed by atoms with van der Waals surface area (Å²) < 4.78 is 0. The Kier molecular flexibility index (Phi) is 8.02. The summed E-state index contributed by atoms with van der Waals surface area (Å²) in [5.74, 6) is 0.645. The van der Waals surface area contributed by atoms with Crippen molar-refractivity contribution in [2.45, 2.75) is 33.4 Å². The second-order valence-electron chi connectivity index (χ2n) is 9.41. The Morgan fingerprint density at radius 2 is 1.67 bits per heavy atom. The van der Waals surface area contributed by atoms with Gasteiger partial charge in [0.1, 0.15) is 0 Å². The predicted octanol–water partition coefficient (Wildman–Crippen LogP) is 3.67. The Morgan fingerprint density at radius 1 is 1.00 bits per heavy atom. The summed E-state index contributed by atoms with van der Waals surface area (Å²) in [6.45, 7) is 10.1. The second kappa shape index (κ2) is 11.4. The molecule has 0 spiro atoms. The van der Waals surface area contributed by atoms with Crippen molar-refractivity contribution in [1.29, 1.82) is 0 Å². The minimum atomic E-state index is -0.385. The van der Waals surface area contributed by atoms with Crippen molar-refractivity contribution in [2.75, 3.05) is 32.7 Å². The molecule has 1 N–H and O–H groups in total. The van der Waals surface area contributed by atoms with E-state index in [4.69, 9.17) is 9.97 Å². The molecular formula is C27H32N6O3. The summed E-state index contributed by atoms with van der Waals surface area (Å²) in [5, 5.41) is 14.4. The number of nitrogens with zero attached hydrogens (tertiary/aromatic N) is 5. The molecule has 4 rings (SSSR count). The largest absolute Gasteiger partial charge is 0.353 e. The first-order chi connectivity index (χ1) is 17.3. The molecule has 188 valence electrons. The number of carbonyl (C=O) groups is 1. The van der Waals surface area contributed by atoms with E-state index < -0.39 is 0 Å². The number of aromatic nitrogens is 2. The van der Waals surface area contributed by atoms with E-state index in [0.717, 1.165) is 43.0 Å². The monoisotopic (exact) mass is 488 g/mol. The lowest BCUT2D eigenvalue weighted by Crippen LogP contribution is -2.49. The van der Waals surface area contributed by atoms with E-state index in [1.807, 2.05) is 57.2 Å². The van der Waals surface area contributed by atoms with Crippen molar-refractivity contribution >= 4 is 11.6 Å². The van der Waals surface area contributed by atoms with Crippen LogP contribution in [0.5, 0.6) is 0 Å². The summed E-state index contributed by atoms with van der Waals surface area (Å²) >= 11 is 0. The van der Waals surface area contributed by atoms with E-state index >= 15 is 0 Å². The number of benzene rings is 2. The number of piperazine rings is 1. The zero-order valence-corrected chi connectivity index (χ0v) is 21.0. The van der Waals surface area contributed by atoms with Crippen LogP contribution in [0.25, 0.3) is 22.6 Å². The molecule has 0 bridgehead atoms. The summed E-state index contributed by atoms with van der Waals surface area (Å²) in [6, 6.07) is 16.5. The van der Waals surface area contributed by atoms with Crippen molar-refractivity contribution in [1.82, 2.24) is 25.1 Å². The molecule has 36 heavy (non-hydrogen) atoms. The normalized spacial score (nSPS) is 14.7. The number of nitrogens with one attached hydrogen (secondary N) is 1. The number of nitro benzene ring substituents is 1. The van der Waals surface area contributed by atoms with Crippen molar-refractivity contribution in [3.8, 4) is 22.6 Å². The SMILES string of the molecule is Cc1nc(-c2ccccc2)nc(-c2cccc([N+](=O)[O-])c2)c1CN1CCN(CC(=O)NC(C)C)CC1. The summed E-state index contributed by atoms with van der Waals surface area (Å²) in [4.78, 5) is 37.4. The van der Waals surface area contributed by atoms with Gasteiger partial charge in [-0.2, -0.15) is 0 Å². The first-order valence-electron chi connectivity index (χ1n) is 12.2. The minimum absolute atomic E-state index is 0.0317. The van der Waals surface area contributed by atoms with Crippen LogP contribution in [-0.2, 0) is 11.3 Å². The van der Waals surface area contributed by atoms with Crippen LogP contribution in [0.2, 0.25) is 0 Å². The molecule has 9 heteroatoms. The maximum absolute atomic E-state index is 12.1. The van der Waals surface area contributed by atoms with Gasteiger partial charge in [-0.25, -0.2) is 9.97 Å². The van der Waals surface area contributed by atoms with Crippen LogP contribution in [0.3, 0.4) is 0 Å². The molecule has 0 unspecified atom stereocenters. The summed E-state index contributed by atoms with van der Waals surface area (Å²) in [7, 11) is 0. The zero-order valence-electron chi connectivity index (χ0n) is 21.0. The Balaban J connectivity index is 1.59. The fourth-order valence-corrected chi connectivity index (χ4v) is 4.41. The number of hydrogen-bond donors (Lipinski definition) is 1. The quantitative estimate of drug-likeness (QED) is 0.381. The highest BCUT2D eigenvalue weighted by molar-refractivity contribution is 5.78. The first-order valence-corrected chi connectivity index (χ1v) is 12.2. The van der Waals surface area contributed by atoms with E-state index in [0.29, 0.717) is 30.2 Å². The van der Waals surface area contributed by atoms with Gasteiger partial charge in [-0.15, -0.1) is 0 Å². The van der Waals surface area contributed by atoms with Crippen LogP contribution in [0, 0.1) is 17.0 Å². The first kappa shape index (κ1) is 25.4. The molecule has 0 saturated carbocycles. The number of non-ortho nitro benzene ring substituents is 1. The number of carbonyl (C=O) groups excluding carboxylic acids is 1. The van der Waals surface area contributed by atoms with E-state index in [1.165, 1.54) is 6.07 Å². The number of rotatable bonds is 8. The maximum atomic E-state index is 12.1. The molecule has 1 aliphatic rings. The topological polar surface area (TPSA) is 104 Å². The van der Waals surface area contributed by atoms with E-state index in [1.54, 1.807) is 12.1 Å². The van der Waals surface area contributed by atoms with Crippen LogP contribution in [-0.4, -0.2) is 69.4 Å². The minimum Gasteiger partial charge on any atom is -0.353 e. The van der Waals surface area contributed by atoms with Gasteiger partial charge < -0.3 is 5.32 Å². The van der Waals surface area contributed by atoms with Crippen LogP contribution in [0.1, 0.15) is 25.1 Å². The van der Waals surface area contributed by atoms with Gasteiger partial charge in [0.2, 0.25) is 5.91 Å². The average Bonchev–Trinajstić information content (AvgIpc) is 2.86. The average molecular weight is 489 g/mol. The molecule has 2 aromatic carbocycles. The van der Waals surface area contributed by atoms with Crippen molar-refractivity contribution in [3.63, 3.8) is 0 Å². The molecule has 1 saturated heterocycles. The number of amides is 1. The Hall–Kier alpha value is -3.69. The molecular weight excluding hydrogens is 456 g/mol. The van der Waals surface area contributed by atoms with Gasteiger partial charge in [-0.05, 0) is 20.8 Å². The molecule has 9 nitrogen and oxygen atoms in total. The number of hydrogen-bond acceptors (Lipinski definition) is 7. The molecule has 1 fully saturated rings. The second-order valence-corrected chi connectivity index (χ2v) is 9.41. The smallest absolute Gasteiger partial charge is 0.270 e. The van der Waals surface area contributed by atoms with Crippen molar-refractivity contribution < 1.29 is 9.72 Å². The van der Waals surface area contributed by atoms with Gasteiger partial charge in [0.05, 0.1) is 17.2 Å². The number of aryl methyl sites for hydroxylation is 1.